The minimum absolute atomic E-state index is 0.0225. The normalized spacial score (nSPS) is 17.3. The highest BCUT2D eigenvalue weighted by Crippen LogP contribution is 2.44. The van der Waals surface area contributed by atoms with Crippen molar-refractivity contribution >= 4 is 23.6 Å². The summed E-state index contributed by atoms with van der Waals surface area (Å²) < 4.78 is 0.0510. The Balaban J connectivity index is 1.82. The molecule has 0 bridgehead atoms. The summed E-state index contributed by atoms with van der Waals surface area (Å²) in [7, 11) is 0. The molecule has 0 aliphatic heterocycles. The molecule has 0 saturated heterocycles. The third-order valence-corrected chi connectivity index (χ3v) is 6.14. The third kappa shape index (κ3) is 6.04. The van der Waals surface area contributed by atoms with Crippen molar-refractivity contribution in [1.82, 2.24) is 10.6 Å². The lowest BCUT2D eigenvalue weighted by molar-refractivity contribution is -0.127. The molecule has 6 heteroatoms. The van der Waals surface area contributed by atoms with E-state index in [0.29, 0.717) is 6.54 Å². The first kappa shape index (κ1) is 19.8. The Morgan fingerprint density at radius 1 is 1.16 bits per heavy atom. The predicted molar refractivity (Wildman–Crippen MR) is 102 cm³/mol. The molecule has 25 heavy (non-hydrogen) atoms. The topological polar surface area (TPSA) is 84.2 Å². The number of carbonyl (C=O) groups excluding carboxylic acids is 2. The minimum Gasteiger partial charge on any atom is -0.353 e. The first-order valence-electron chi connectivity index (χ1n) is 8.96. The zero-order chi connectivity index (χ0) is 18.3. The van der Waals surface area contributed by atoms with Gasteiger partial charge in [0.2, 0.25) is 11.8 Å². The van der Waals surface area contributed by atoms with Gasteiger partial charge in [-0.1, -0.05) is 44.9 Å². The Hall–Kier alpha value is -1.53. The Morgan fingerprint density at radius 3 is 2.40 bits per heavy atom. The van der Waals surface area contributed by atoms with Crippen LogP contribution in [0.15, 0.2) is 35.2 Å². The van der Waals surface area contributed by atoms with Crippen molar-refractivity contribution < 1.29 is 9.59 Å². The smallest absolute Gasteiger partial charge is 0.239 e. The first-order chi connectivity index (χ1) is 11.9. The molecule has 1 atom stereocenters. The average Bonchev–Trinajstić information content (AvgIpc) is 3.06. The molecular weight excluding hydrogens is 334 g/mol. The maximum Gasteiger partial charge on any atom is 0.239 e. The van der Waals surface area contributed by atoms with Gasteiger partial charge in [-0.2, -0.15) is 0 Å². The van der Waals surface area contributed by atoms with E-state index in [1.54, 1.807) is 0 Å². The van der Waals surface area contributed by atoms with Crippen LogP contribution < -0.4 is 16.4 Å². The number of amides is 2. The molecule has 5 nitrogen and oxygen atoms in total. The van der Waals surface area contributed by atoms with Crippen molar-refractivity contribution in [1.29, 1.82) is 0 Å². The second-order valence-corrected chi connectivity index (χ2v) is 8.61. The molecule has 1 aliphatic carbocycles. The molecule has 0 aromatic heterocycles. The quantitative estimate of drug-likeness (QED) is 0.662. The minimum atomic E-state index is -0.581. The van der Waals surface area contributed by atoms with Crippen LogP contribution in [0.3, 0.4) is 0 Å². The van der Waals surface area contributed by atoms with Gasteiger partial charge in [0.25, 0.3) is 0 Å². The van der Waals surface area contributed by atoms with Crippen LogP contribution >= 0.6 is 11.8 Å². The fourth-order valence-electron chi connectivity index (χ4n) is 2.98. The highest BCUT2D eigenvalue weighted by atomic mass is 32.2. The number of hydrogen-bond donors (Lipinski definition) is 3. The molecule has 1 aromatic carbocycles. The molecule has 0 radical (unpaired) electrons. The molecule has 1 aromatic rings. The van der Waals surface area contributed by atoms with Crippen molar-refractivity contribution in [3.05, 3.63) is 30.3 Å². The molecule has 0 spiro atoms. The fraction of sp³-hybridized carbons (Fsp3) is 0.579. The number of benzene rings is 1. The maximum absolute atomic E-state index is 12.1. The number of hydrogen-bond acceptors (Lipinski definition) is 4. The summed E-state index contributed by atoms with van der Waals surface area (Å²) in [6.45, 7) is 4.37. The summed E-state index contributed by atoms with van der Waals surface area (Å²) in [6, 6.07) is 9.73. The van der Waals surface area contributed by atoms with Crippen molar-refractivity contribution in [2.24, 2.45) is 11.7 Å². The zero-order valence-corrected chi connectivity index (χ0v) is 15.9. The van der Waals surface area contributed by atoms with Gasteiger partial charge in [0.15, 0.2) is 0 Å². The van der Waals surface area contributed by atoms with Crippen LogP contribution in [-0.2, 0) is 9.59 Å². The number of carbonyl (C=O) groups is 2. The van der Waals surface area contributed by atoms with Crippen LogP contribution in [0.2, 0.25) is 0 Å². The third-order valence-electron chi connectivity index (χ3n) is 4.64. The summed E-state index contributed by atoms with van der Waals surface area (Å²) in [5, 5.41) is 5.61. The number of thioether (sulfide) groups is 1. The van der Waals surface area contributed by atoms with Crippen LogP contribution in [0.25, 0.3) is 0 Å². The van der Waals surface area contributed by atoms with Gasteiger partial charge >= 0.3 is 0 Å². The Labute approximate surface area is 154 Å². The molecule has 2 rings (SSSR count). The fourth-order valence-corrected chi connectivity index (χ4v) is 4.41. The van der Waals surface area contributed by atoms with Crippen LogP contribution in [0, 0.1) is 5.92 Å². The second kappa shape index (κ2) is 9.25. The summed E-state index contributed by atoms with van der Waals surface area (Å²) in [5.74, 6) is -0.393. The van der Waals surface area contributed by atoms with Crippen LogP contribution in [0.4, 0.5) is 0 Å². The van der Waals surface area contributed by atoms with Gasteiger partial charge in [-0.05, 0) is 30.9 Å². The number of nitrogens with one attached hydrogen (secondary N) is 2. The van der Waals surface area contributed by atoms with Crippen molar-refractivity contribution in [3.63, 3.8) is 0 Å². The Kier molecular flexibility index (Phi) is 7.32. The lowest BCUT2D eigenvalue weighted by Gasteiger charge is -2.28. The molecule has 0 unspecified atom stereocenters. The molecule has 4 N–H and O–H groups in total. The molecule has 1 fully saturated rings. The molecular formula is C19H29N3O2S. The summed E-state index contributed by atoms with van der Waals surface area (Å²) in [4.78, 5) is 25.2. The maximum atomic E-state index is 12.1. The van der Waals surface area contributed by atoms with E-state index in [9.17, 15) is 9.59 Å². The molecule has 138 valence electrons. The largest absolute Gasteiger partial charge is 0.353 e. The van der Waals surface area contributed by atoms with Gasteiger partial charge < -0.3 is 16.4 Å². The van der Waals surface area contributed by atoms with E-state index in [1.807, 2.05) is 43.8 Å². The molecule has 1 saturated carbocycles. The van der Waals surface area contributed by atoms with Crippen LogP contribution in [-0.4, -0.2) is 35.7 Å². The molecule has 1 aliphatic rings. The molecule has 2 amide bonds. The van der Waals surface area contributed by atoms with E-state index in [4.69, 9.17) is 5.73 Å². The standard InChI is InChI=1S/C19H29N3O2S/c1-14(2)17(20)18(24)21-12-16(23)22-13-19(10-6-7-11-19)25-15-8-4-3-5-9-15/h3-5,8-9,14,17H,6-7,10-13,20H2,1-2H3,(H,21,24)(H,22,23)/t17-/m0/s1. The number of nitrogens with two attached hydrogens (primary N) is 1. The highest BCUT2D eigenvalue weighted by Gasteiger charge is 2.35. The van der Waals surface area contributed by atoms with E-state index in [0.717, 1.165) is 12.8 Å². The number of rotatable bonds is 8. The van der Waals surface area contributed by atoms with Crippen LogP contribution in [0.5, 0.6) is 0 Å². The van der Waals surface area contributed by atoms with E-state index in [1.165, 1.54) is 17.7 Å². The van der Waals surface area contributed by atoms with E-state index < -0.39 is 6.04 Å². The zero-order valence-electron chi connectivity index (χ0n) is 15.1. The molecule has 0 heterocycles. The van der Waals surface area contributed by atoms with E-state index >= 15 is 0 Å². The highest BCUT2D eigenvalue weighted by molar-refractivity contribution is 8.00. The van der Waals surface area contributed by atoms with Gasteiger partial charge in [-0.3, -0.25) is 9.59 Å². The van der Waals surface area contributed by atoms with Gasteiger partial charge in [-0.25, -0.2) is 0 Å². The lowest BCUT2D eigenvalue weighted by Crippen LogP contribution is -2.48. The van der Waals surface area contributed by atoms with E-state index in [-0.39, 0.29) is 29.0 Å². The Bertz CT molecular complexity index is 571. The summed E-state index contributed by atoms with van der Waals surface area (Å²) in [6.07, 6.45) is 4.57. The monoisotopic (exact) mass is 363 g/mol. The van der Waals surface area contributed by atoms with Gasteiger partial charge in [0, 0.05) is 16.2 Å². The van der Waals surface area contributed by atoms with Crippen molar-refractivity contribution in [2.75, 3.05) is 13.1 Å². The van der Waals surface area contributed by atoms with Gasteiger partial charge in [0.05, 0.1) is 12.6 Å². The average molecular weight is 364 g/mol. The van der Waals surface area contributed by atoms with Crippen molar-refractivity contribution in [3.8, 4) is 0 Å². The summed E-state index contributed by atoms with van der Waals surface area (Å²) >= 11 is 1.85. The predicted octanol–water partition coefficient (Wildman–Crippen LogP) is 2.31. The van der Waals surface area contributed by atoms with Crippen LogP contribution in [0.1, 0.15) is 39.5 Å². The SMILES string of the molecule is CC(C)[C@H](N)C(=O)NCC(=O)NCC1(Sc2ccccc2)CCCC1. The Morgan fingerprint density at radius 2 is 1.80 bits per heavy atom. The van der Waals surface area contributed by atoms with Crippen molar-refractivity contribution in [2.45, 2.75) is 55.2 Å². The van der Waals surface area contributed by atoms with E-state index in [2.05, 4.69) is 22.8 Å². The van der Waals surface area contributed by atoms with Gasteiger partial charge in [-0.15, -0.1) is 11.8 Å². The summed E-state index contributed by atoms with van der Waals surface area (Å²) in [5.41, 5.74) is 5.78. The first-order valence-corrected chi connectivity index (χ1v) is 9.78. The second-order valence-electron chi connectivity index (χ2n) is 7.07. The van der Waals surface area contributed by atoms with Gasteiger partial charge in [0.1, 0.15) is 0 Å². The lowest BCUT2D eigenvalue weighted by atomic mass is 10.1.